The monoisotopic (exact) mass is 435 g/mol. The minimum atomic E-state index is -0.918. The van der Waals surface area contributed by atoms with E-state index in [0.29, 0.717) is 43.3 Å². The molecule has 0 radical (unpaired) electrons. The van der Waals surface area contributed by atoms with Gasteiger partial charge in [-0.25, -0.2) is 9.48 Å². The number of carbonyl (C=O) groups excluding carboxylic acids is 2. The number of hydrogen-bond acceptors (Lipinski definition) is 6. The molecule has 0 spiro atoms. The van der Waals surface area contributed by atoms with Crippen LogP contribution in [-0.4, -0.2) is 66.1 Å². The van der Waals surface area contributed by atoms with Crippen molar-refractivity contribution >= 4 is 11.9 Å². The molecule has 0 N–H and O–H groups in total. The number of benzene rings is 2. The fourth-order valence-corrected chi connectivity index (χ4v) is 3.54. The van der Waals surface area contributed by atoms with E-state index in [2.05, 4.69) is 5.10 Å². The van der Waals surface area contributed by atoms with Gasteiger partial charge in [0.05, 0.1) is 26.0 Å². The van der Waals surface area contributed by atoms with Crippen molar-refractivity contribution in [2.75, 3.05) is 33.4 Å². The molecule has 1 saturated heterocycles. The average molecular weight is 435 g/mol. The maximum atomic E-state index is 13.1. The summed E-state index contributed by atoms with van der Waals surface area (Å²) in [7, 11) is 1.58. The molecule has 1 amide bonds. The highest BCUT2D eigenvalue weighted by molar-refractivity contribution is 5.97. The Labute approximate surface area is 186 Å². The maximum Gasteiger partial charge on any atom is 0.342 e. The summed E-state index contributed by atoms with van der Waals surface area (Å²) in [6, 6.07) is 16.8. The second-order valence-corrected chi connectivity index (χ2v) is 7.39. The zero-order chi connectivity index (χ0) is 22.5. The first kappa shape index (κ1) is 21.6. The average Bonchev–Trinajstić information content (AvgIpc) is 3.30. The Bertz CT molecular complexity index is 1090. The number of morpholine rings is 1. The lowest BCUT2D eigenvalue weighted by molar-refractivity contribution is -0.143. The van der Waals surface area contributed by atoms with Crippen LogP contribution in [0.1, 0.15) is 17.3 Å². The number of aromatic nitrogens is 2. The lowest BCUT2D eigenvalue weighted by Crippen LogP contribution is -2.46. The second kappa shape index (κ2) is 9.65. The molecule has 0 aliphatic carbocycles. The Kier molecular flexibility index (Phi) is 6.51. The predicted octanol–water partition coefficient (Wildman–Crippen LogP) is 2.95. The van der Waals surface area contributed by atoms with Gasteiger partial charge in [0.15, 0.2) is 6.10 Å². The topological polar surface area (TPSA) is 82.9 Å². The Balaban J connectivity index is 1.64. The SMILES string of the molecule is COc1cccc(-c2nn(-c3ccccc3)cc2C(=O)OC(C)C(=O)N2CCOCC2)c1. The molecular weight excluding hydrogens is 410 g/mol. The summed E-state index contributed by atoms with van der Waals surface area (Å²) in [5.74, 6) is -0.203. The lowest BCUT2D eigenvalue weighted by Gasteiger charge is -2.28. The third kappa shape index (κ3) is 4.65. The molecule has 1 atom stereocenters. The van der Waals surface area contributed by atoms with Crippen molar-refractivity contribution in [3.05, 3.63) is 66.4 Å². The molecule has 8 heteroatoms. The minimum absolute atomic E-state index is 0.236. The van der Waals surface area contributed by atoms with Crippen LogP contribution in [0.2, 0.25) is 0 Å². The van der Waals surface area contributed by atoms with Crippen molar-refractivity contribution in [2.45, 2.75) is 13.0 Å². The Morgan fingerprint density at radius 2 is 1.81 bits per heavy atom. The molecule has 4 rings (SSSR count). The Morgan fingerprint density at radius 1 is 1.06 bits per heavy atom. The van der Waals surface area contributed by atoms with Crippen molar-refractivity contribution in [1.29, 1.82) is 0 Å². The molecule has 1 aliphatic heterocycles. The van der Waals surface area contributed by atoms with E-state index in [0.717, 1.165) is 5.69 Å². The van der Waals surface area contributed by atoms with Crippen molar-refractivity contribution in [3.8, 4) is 22.7 Å². The molecule has 2 heterocycles. The zero-order valence-corrected chi connectivity index (χ0v) is 18.1. The zero-order valence-electron chi connectivity index (χ0n) is 18.1. The van der Waals surface area contributed by atoms with Crippen molar-refractivity contribution < 1.29 is 23.8 Å². The van der Waals surface area contributed by atoms with Crippen LogP contribution >= 0.6 is 0 Å². The van der Waals surface area contributed by atoms with Gasteiger partial charge in [0.1, 0.15) is 17.0 Å². The van der Waals surface area contributed by atoms with Gasteiger partial charge in [-0.3, -0.25) is 4.79 Å². The number of rotatable bonds is 6. The Hall–Kier alpha value is -3.65. The number of nitrogens with zero attached hydrogens (tertiary/aromatic N) is 3. The third-order valence-electron chi connectivity index (χ3n) is 5.25. The molecule has 0 saturated carbocycles. The highest BCUT2D eigenvalue weighted by Gasteiger charge is 2.28. The smallest absolute Gasteiger partial charge is 0.342 e. The fourth-order valence-electron chi connectivity index (χ4n) is 3.54. The molecule has 1 aromatic heterocycles. The molecule has 166 valence electrons. The number of carbonyl (C=O) groups is 2. The van der Waals surface area contributed by atoms with Gasteiger partial charge >= 0.3 is 5.97 Å². The summed E-state index contributed by atoms with van der Waals surface area (Å²) >= 11 is 0. The van der Waals surface area contributed by atoms with E-state index in [-0.39, 0.29) is 11.5 Å². The molecule has 1 unspecified atom stereocenters. The Morgan fingerprint density at radius 3 is 2.53 bits per heavy atom. The van der Waals surface area contributed by atoms with E-state index in [9.17, 15) is 9.59 Å². The molecule has 3 aromatic rings. The number of ether oxygens (including phenoxy) is 3. The normalized spacial score (nSPS) is 14.6. The number of amides is 1. The molecule has 1 aliphatic rings. The van der Waals surface area contributed by atoms with Crippen LogP contribution in [-0.2, 0) is 14.3 Å². The summed E-state index contributed by atoms with van der Waals surface area (Å²) in [5, 5.41) is 4.64. The van der Waals surface area contributed by atoms with Crippen LogP contribution < -0.4 is 4.74 Å². The van der Waals surface area contributed by atoms with Gasteiger partial charge in [-0.2, -0.15) is 5.10 Å². The lowest BCUT2D eigenvalue weighted by atomic mass is 10.1. The van der Waals surface area contributed by atoms with Gasteiger partial charge in [0.25, 0.3) is 5.91 Å². The van der Waals surface area contributed by atoms with Crippen LogP contribution in [0.15, 0.2) is 60.8 Å². The molecular formula is C24H25N3O5. The first-order valence-electron chi connectivity index (χ1n) is 10.4. The van der Waals surface area contributed by atoms with Gasteiger partial charge in [-0.15, -0.1) is 0 Å². The van der Waals surface area contributed by atoms with E-state index in [1.807, 2.05) is 48.5 Å². The van der Waals surface area contributed by atoms with Crippen molar-refractivity contribution in [3.63, 3.8) is 0 Å². The number of para-hydroxylation sites is 1. The molecule has 8 nitrogen and oxygen atoms in total. The first-order valence-corrected chi connectivity index (χ1v) is 10.4. The van der Waals surface area contributed by atoms with Crippen molar-refractivity contribution in [1.82, 2.24) is 14.7 Å². The number of esters is 1. The van der Waals surface area contributed by atoms with Gasteiger partial charge in [0.2, 0.25) is 0 Å². The minimum Gasteiger partial charge on any atom is -0.497 e. The fraction of sp³-hybridized carbons (Fsp3) is 0.292. The predicted molar refractivity (Wildman–Crippen MR) is 118 cm³/mol. The van der Waals surface area contributed by atoms with E-state index < -0.39 is 12.1 Å². The van der Waals surface area contributed by atoms with Gasteiger partial charge in [0, 0.05) is 24.8 Å². The highest BCUT2D eigenvalue weighted by Crippen LogP contribution is 2.28. The van der Waals surface area contributed by atoms with Crippen LogP contribution in [0.4, 0.5) is 0 Å². The van der Waals surface area contributed by atoms with Gasteiger partial charge in [-0.05, 0) is 31.2 Å². The van der Waals surface area contributed by atoms with Crippen LogP contribution in [0.25, 0.3) is 16.9 Å². The van der Waals surface area contributed by atoms with Crippen LogP contribution in [0.5, 0.6) is 5.75 Å². The largest absolute Gasteiger partial charge is 0.497 e. The summed E-state index contributed by atoms with van der Waals surface area (Å²) in [6.07, 6.45) is 0.706. The summed E-state index contributed by atoms with van der Waals surface area (Å²) in [6.45, 7) is 3.53. The number of hydrogen-bond donors (Lipinski definition) is 0. The van der Waals surface area contributed by atoms with E-state index in [4.69, 9.17) is 14.2 Å². The molecule has 2 aromatic carbocycles. The summed E-state index contributed by atoms with van der Waals surface area (Å²) in [4.78, 5) is 27.5. The second-order valence-electron chi connectivity index (χ2n) is 7.39. The maximum absolute atomic E-state index is 13.1. The first-order chi connectivity index (χ1) is 15.6. The standard InChI is InChI=1S/C24H25N3O5/c1-17(23(28)26-11-13-31-14-12-26)32-24(29)21-16-27(19-8-4-3-5-9-19)25-22(21)18-7-6-10-20(15-18)30-2/h3-10,15-17H,11-14H2,1-2H3. The van der Waals surface area contributed by atoms with Gasteiger partial charge in [-0.1, -0.05) is 30.3 Å². The van der Waals surface area contributed by atoms with Gasteiger partial charge < -0.3 is 19.1 Å². The van der Waals surface area contributed by atoms with Crippen molar-refractivity contribution in [2.24, 2.45) is 0 Å². The molecule has 0 bridgehead atoms. The third-order valence-corrected chi connectivity index (χ3v) is 5.25. The van der Waals surface area contributed by atoms with Crippen LogP contribution in [0, 0.1) is 0 Å². The van der Waals surface area contributed by atoms with Crippen LogP contribution in [0.3, 0.4) is 0 Å². The number of methoxy groups -OCH3 is 1. The molecule has 32 heavy (non-hydrogen) atoms. The van der Waals surface area contributed by atoms with E-state index in [1.165, 1.54) is 0 Å². The summed E-state index contributed by atoms with van der Waals surface area (Å²) < 4.78 is 17.8. The molecule has 1 fully saturated rings. The quantitative estimate of drug-likeness (QED) is 0.554. The highest BCUT2D eigenvalue weighted by atomic mass is 16.5. The van der Waals surface area contributed by atoms with E-state index >= 15 is 0 Å². The summed E-state index contributed by atoms with van der Waals surface area (Å²) in [5.41, 5.74) is 2.22. The van der Waals surface area contributed by atoms with E-state index in [1.54, 1.807) is 35.9 Å².